The van der Waals surface area contributed by atoms with Gasteiger partial charge in [0.05, 0.1) is 5.56 Å². The number of rotatable bonds is 2. The van der Waals surface area contributed by atoms with Crippen LogP contribution in [0.1, 0.15) is 17.3 Å². The molecule has 9 heteroatoms. The molecule has 3 rings (SSSR count). The molecule has 1 aliphatic rings. The molecule has 20 heavy (non-hydrogen) atoms. The summed E-state index contributed by atoms with van der Waals surface area (Å²) >= 11 is 8.52. The van der Waals surface area contributed by atoms with Crippen LogP contribution in [0.5, 0.6) is 0 Å². The zero-order valence-electron chi connectivity index (χ0n) is 9.78. The van der Waals surface area contributed by atoms with Crippen LogP contribution in [0.2, 0.25) is 0 Å². The van der Waals surface area contributed by atoms with Gasteiger partial charge in [0.15, 0.2) is 11.7 Å². The SMILES string of the molecule is O=C1OC(c2ccccc2Br)=NC(=S)C1c1nn[nH]n1. The van der Waals surface area contributed by atoms with Crippen LogP contribution in [-0.2, 0) is 9.53 Å². The predicted octanol–water partition coefficient (Wildman–Crippen LogP) is 1.38. The van der Waals surface area contributed by atoms with Gasteiger partial charge < -0.3 is 4.74 Å². The van der Waals surface area contributed by atoms with Gasteiger partial charge in [0, 0.05) is 4.47 Å². The number of halogens is 1. The Hall–Kier alpha value is -2.00. The second-order valence-corrected chi connectivity index (χ2v) is 5.13. The second-order valence-electron chi connectivity index (χ2n) is 3.86. The van der Waals surface area contributed by atoms with Gasteiger partial charge in [-0.3, -0.25) is 4.79 Å². The molecule has 0 amide bonds. The summed E-state index contributed by atoms with van der Waals surface area (Å²) in [5.41, 5.74) is 0.648. The van der Waals surface area contributed by atoms with Crippen molar-refractivity contribution >= 4 is 45.0 Å². The molecular formula is C11H6BrN5O2S. The Kier molecular flexibility index (Phi) is 3.36. The molecule has 1 atom stereocenters. The number of esters is 1. The summed E-state index contributed by atoms with van der Waals surface area (Å²) in [5, 5.41) is 13.1. The molecule has 0 spiro atoms. The van der Waals surface area contributed by atoms with Crippen LogP contribution >= 0.6 is 28.1 Å². The van der Waals surface area contributed by atoms with Crippen molar-refractivity contribution in [1.29, 1.82) is 0 Å². The van der Waals surface area contributed by atoms with E-state index in [0.29, 0.717) is 5.56 Å². The van der Waals surface area contributed by atoms with E-state index in [9.17, 15) is 4.79 Å². The average molecular weight is 352 g/mol. The van der Waals surface area contributed by atoms with E-state index >= 15 is 0 Å². The van der Waals surface area contributed by atoms with Crippen molar-refractivity contribution in [2.75, 3.05) is 0 Å². The third-order valence-electron chi connectivity index (χ3n) is 2.62. The Morgan fingerprint density at radius 3 is 2.80 bits per heavy atom. The number of benzene rings is 1. The molecule has 0 aliphatic carbocycles. The van der Waals surface area contributed by atoms with E-state index in [1.165, 1.54) is 0 Å². The molecule has 1 N–H and O–H groups in total. The lowest BCUT2D eigenvalue weighted by Gasteiger charge is -2.18. The predicted molar refractivity (Wildman–Crippen MR) is 76.3 cm³/mol. The first-order valence-corrected chi connectivity index (χ1v) is 6.69. The molecule has 1 aromatic heterocycles. The summed E-state index contributed by atoms with van der Waals surface area (Å²) in [5.74, 6) is -1.17. The lowest BCUT2D eigenvalue weighted by atomic mass is 10.1. The summed E-state index contributed by atoms with van der Waals surface area (Å²) in [6.45, 7) is 0. The largest absolute Gasteiger partial charge is 0.406 e. The number of hydrogen-bond donors (Lipinski definition) is 1. The number of cyclic esters (lactones) is 1. The maximum absolute atomic E-state index is 12.1. The highest BCUT2D eigenvalue weighted by molar-refractivity contribution is 9.10. The highest BCUT2D eigenvalue weighted by Crippen LogP contribution is 2.25. The molecule has 1 aliphatic heterocycles. The molecule has 0 saturated carbocycles. The maximum atomic E-state index is 12.1. The van der Waals surface area contributed by atoms with E-state index in [2.05, 4.69) is 41.5 Å². The second kappa shape index (κ2) is 5.17. The Balaban J connectivity index is 1.99. The zero-order valence-corrected chi connectivity index (χ0v) is 12.2. The first-order valence-electron chi connectivity index (χ1n) is 5.49. The molecule has 0 radical (unpaired) electrons. The van der Waals surface area contributed by atoms with Gasteiger partial charge >= 0.3 is 5.97 Å². The number of tetrazole rings is 1. The number of hydrogen-bond acceptors (Lipinski definition) is 6. The third kappa shape index (κ3) is 2.25. The van der Waals surface area contributed by atoms with Gasteiger partial charge in [-0.2, -0.15) is 5.21 Å². The zero-order chi connectivity index (χ0) is 14.1. The first-order chi connectivity index (χ1) is 9.66. The summed E-state index contributed by atoms with van der Waals surface area (Å²) in [6, 6.07) is 7.25. The minimum absolute atomic E-state index is 0.147. The Bertz CT molecular complexity index is 715. The highest BCUT2D eigenvalue weighted by Gasteiger charge is 2.36. The van der Waals surface area contributed by atoms with Crippen molar-refractivity contribution in [2.24, 2.45) is 4.99 Å². The molecule has 1 unspecified atom stereocenters. The Morgan fingerprint density at radius 2 is 2.15 bits per heavy atom. The number of nitrogens with zero attached hydrogens (tertiary/aromatic N) is 4. The summed E-state index contributed by atoms with van der Waals surface area (Å²) in [7, 11) is 0. The van der Waals surface area contributed by atoms with E-state index in [1.807, 2.05) is 18.2 Å². The van der Waals surface area contributed by atoms with Gasteiger partial charge in [-0.15, -0.1) is 10.2 Å². The van der Waals surface area contributed by atoms with Crippen LogP contribution < -0.4 is 0 Å². The minimum Gasteiger partial charge on any atom is -0.406 e. The van der Waals surface area contributed by atoms with Crippen molar-refractivity contribution in [2.45, 2.75) is 5.92 Å². The number of H-pyrrole nitrogens is 1. The number of nitrogens with one attached hydrogen (secondary N) is 1. The molecule has 2 heterocycles. The molecule has 0 fully saturated rings. The van der Waals surface area contributed by atoms with Gasteiger partial charge in [0.2, 0.25) is 5.90 Å². The average Bonchev–Trinajstić information content (AvgIpc) is 2.92. The van der Waals surface area contributed by atoms with Crippen LogP contribution in [0.25, 0.3) is 0 Å². The van der Waals surface area contributed by atoms with Crippen LogP contribution in [0.4, 0.5) is 0 Å². The van der Waals surface area contributed by atoms with E-state index in [1.54, 1.807) is 6.07 Å². The highest BCUT2D eigenvalue weighted by atomic mass is 79.9. The van der Waals surface area contributed by atoms with Crippen molar-refractivity contribution in [3.8, 4) is 0 Å². The fourth-order valence-corrected chi connectivity index (χ4v) is 2.44. The number of aromatic amines is 1. The molecule has 1 aromatic carbocycles. The fraction of sp³-hybridized carbons (Fsp3) is 0.0909. The van der Waals surface area contributed by atoms with Gasteiger partial charge in [-0.25, -0.2) is 4.99 Å². The van der Waals surface area contributed by atoms with Crippen molar-refractivity contribution in [3.63, 3.8) is 0 Å². The number of carbonyl (C=O) groups excluding carboxylic acids is 1. The number of thiocarbonyl (C=S) groups is 1. The van der Waals surface area contributed by atoms with Crippen molar-refractivity contribution < 1.29 is 9.53 Å². The van der Waals surface area contributed by atoms with Crippen molar-refractivity contribution in [1.82, 2.24) is 20.6 Å². The Labute approximate surface area is 126 Å². The number of aliphatic imine (C=N–C) groups is 1. The molecule has 7 nitrogen and oxygen atoms in total. The molecule has 0 bridgehead atoms. The van der Waals surface area contributed by atoms with Crippen LogP contribution in [0.15, 0.2) is 33.7 Å². The lowest BCUT2D eigenvalue weighted by Crippen LogP contribution is -2.31. The molecule has 0 saturated heterocycles. The summed E-state index contributed by atoms with van der Waals surface area (Å²) in [6.07, 6.45) is 0. The van der Waals surface area contributed by atoms with E-state index in [-0.39, 0.29) is 16.7 Å². The minimum atomic E-state index is -0.907. The molecular weight excluding hydrogens is 346 g/mol. The number of aromatic nitrogens is 4. The van der Waals surface area contributed by atoms with E-state index in [0.717, 1.165) is 4.47 Å². The fourth-order valence-electron chi connectivity index (χ4n) is 1.70. The monoisotopic (exact) mass is 351 g/mol. The quantitative estimate of drug-likeness (QED) is 0.648. The van der Waals surface area contributed by atoms with Gasteiger partial charge in [-0.1, -0.05) is 29.6 Å². The Morgan fingerprint density at radius 1 is 1.35 bits per heavy atom. The first kappa shape index (κ1) is 13.0. The van der Waals surface area contributed by atoms with Gasteiger partial charge in [0.25, 0.3) is 0 Å². The smallest absolute Gasteiger partial charge is 0.330 e. The number of carbonyl (C=O) groups is 1. The van der Waals surface area contributed by atoms with Gasteiger partial charge in [0.1, 0.15) is 4.99 Å². The van der Waals surface area contributed by atoms with E-state index in [4.69, 9.17) is 17.0 Å². The van der Waals surface area contributed by atoms with Crippen LogP contribution in [0.3, 0.4) is 0 Å². The van der Waals surface area contributed by atoms with E-state index < -0.39 is 11.9 Å². The molecule has 2 aromatic rings. The summed E-state index contributed by atoms with van der Waals surface area (Å²) in [4.78, 5) is 16.4. The van der Waals surface area contributed by atoms with Crippen LogP contribution in [-0.4, -0.2) is 37.5 Å². The maximum Gasteiger partial charge on any atom is 0.330 e. The van der Waals surface area contributed by atoms with Crippen LogP contribution in [0, 0.1) is 0 Å². The summed E-state index contributed by atoms with van der Waals surface area (Å²) < 4.78 is 5.99. The lowest BCUT2D eigenvalue weighted by molar-refractivity contribution is -0.136. The van der Waals surface area contributed by atoms with Gasteiger partial charge in [-0.05, 0) is 28.1 Å². The normalized spacial score (nSPS) is 18.6. The van der Waals surface area contributed by atoms with Crippen molar-refractivity contribution in [3.05, 3.63) is 40.1 Å². The molecule has 100 valence electrons. The topological polar surface area (TPSA) is 93.1 Å². The number of ether oxygens (including phenoxy) is 1. The third-order valence-corrected chi connectivity index (χ3v) is 3.63. The standard InChI is InChI=1S/C11H6BrN5O2S/c12-6-4-2-1-3-5(6)9-13-10(20)7(11(18)19-9)8-14-16-17-15-8/h1-4,7H,(H,14,15,16,17).